The zero-order chi connectivity index (χ0) is 14.2. The molecule has 102 valence electrons. The largest absolute Gasteiger partial charge is 0.452 e. The molecule has 0 aliphatic rings. The van der Waals surface area contributed by atoms with Gasteiger partial charge in [-0.05, 0) is 42.7 Å². The fourth-order valence-corrected chi connectivity index (χ4v) is 2.25. The molecule has 0 aliphatic heterocycles. The summed E-state index contributed by atoms with van der Waals surface area (Å²) in [5, 5.41) is 3.45. The second kappa shape index (κ2) is 5.01. The van der Waals surface area contributed by atoms with Crippen molar-refractivity contribution in [3.05, 3.63) is 34.9 Å². The number of rotatable bonds is 2. The fraction of sp³-hybridized carbons (Fsp3) is 0.273. The highest BCUT2D eigenvalue weighted by molar-refractivity contribution is 7.98. The van der Waals surface area contributed by atoms with Crippen LogP contribution in [-0.4, -0.2) is 20.6 Å². The van der Waals surface area contributed by atoms with Crippen molar-refractivity contribution in [3.63, 3.8) is 0 Å². The highest BCUT2D eigenvalue weighted by Gasteiger charge is 2.38. The molecule has 3 nitrogen and oxygen atoms in total. The lowest BCUT2D eigenvalue weighted by Gasteiger charge is -2.09. The quantitative estimate of drug-likeness (QED) is 0.624. The average Bonchev–Trinajstić information content (AvgIpc) is 2.66. The van der Waals surface area contributed by atoms with E-state index in [9.17, 15) is 13.2 Å². The van der Waals surface area contributed by atoms with Gasteiger partial charge in [-0.3, -0.25) is 4.57 Å². The van der Waals surface area contributed by atoms with Crippen molar-refractivity contribution in [2.45, 2.75) is 11.1 Å². The van der Waals surface area contributed by atoms with Gasteiger partial charge in [0.2, 0.25) is 10.6 Å². The van der Waals surface area contributed by atoms with E-state index >= 15 is 0 Å². The van der Waals surface area contributed by atoms with Crippen molar-refractivity contribution in [3.8, 4) is 5.69 Å². The van der Waals surface area contributed by atoms with Gasteiger partial charge in [-0.25, -0.2) is 4.68 Å². The monoisotopic (exact) mass is 305 g/mol. The summed E-state index contributed by atoms with van der Waals surface area (Å²) in [6.07, 6.45) is -2.65. The van der Waals surface area contributed by atoms with Gasteiger partial charge in [0.05, 0.1) is 5.69 Å². The Bertz CT molecular complexity index is 641. The summed E-state index contributed by atoms with van der Waals surface area (Å²) in [4.78, 5) is 0.965. The van der Waals surface area contributed by atoms with Crippen LogP contribution >= 0.6 is 24.0 Å². The van der Waals surface area contributed by atoms with E-state index in [1.54, 1.807) is 24.3 Å². The van der Waals surface area contributed by atoms with Crippen LogP contribution in [0.2, 0.25) is 0 Å². The number of benzene rings is 1. The maximum Gasteiger partial charge on any atom is 0.452 e. The summed E-state index contributed by atoms with van der Waals surface area (Å²) in [6.45, 7) is 0. The molecule has 0 saturated heterocycles. The maximum atomic E-state index is 12.9. The Kier molecular flexibility index (Phi) is 3.73. The van der Waals surface area contributed by atoms with Crippen molar-refractivity contribution in [1.82, 2.24) is 14.3 Å². The number of aromatic nitrogens is 3. The minimum atomic E-state index is -4.55. The van der Waals surface area contributed by atoms with Crippen molar-refractivity contribution in [1.29, 1.82) is 0 Å². The third kappa shape index (κ3) is 2.69. The minimum absolute atomic E-state index is 0.00391. The number of thioether (sulfide) groups is 1. The molecule has 2 rings (SSSR count). The molecule has 0 radical (unpaired) electrons. The van der Waals surface area contributed by atoms with E-state index < -0.39 is 12.0 Å². The molecule has 19 heavy (non-hydrogen) atoms. The second-order valence-electron chi connectivity index (χ2n) is 3.76. The summed E-state index contributed by atoms with van der Waals surface area (Å²) >= 11 is 6.50. The van der Waals surface area contributed by atoms with E-state index in [-0.39, 0.29) is 4.77 Å². The average molecular weight is 305 g/mol. The van der Waals surface area contributed by atoms with Crippen molar-refractivity contribution in [2.24, 2.45) is 7.05 Å². The first kappa shape index (κ1) is 14.1. The molecule has 0 N–H and O–H groups in total. The predicted octanol–water partition coefficient (Wildman–Crippen LogP) is 3.68. The molecular weight excluding hydrogens is 295 g/mol. The second-order valence-corrected chi connectivity index (χ2v) is 5.01. The van der Waals surface area contributed by atoms with Crippen molar-refractivity contribution in [2.75, 3.05) is 6.26 Å². The molecule has 0 unspecified atom stereocenters. The van der Waals surface area contributed by atoms with Crippen LogP contribution in [0, 0.1) is 4.77 Å². The zero-order valence-electron chi connectivity index (χ0n) is 10.1. The molecule has 0 fully saturated rings. The van der Waals surface area contributed by atoms with Crippen LogP contribution in [0.15, 0.2) is 29.2 Å². The third-order valence-electron chi connectivity index (χ3n) is 2.51. The molecule has 8 heteroatoms. The Labute approximate surface area is 117 Å². The zero-order valence-corrected chi connectivity index (χ0v) is 11.7. The van der Waals surface area contributed by atoms with Crippen LogP contribution in [0.4, 0.5) is 13.2 Å². The van der Waals surface area contributed by atoms with Gasteiger partial charge < -0.3 is 0 Å². The van der Waals surface area contributed by atoms with Crippen LogP contribution in [-0.2, 0) is 13.2 Å². The Balaban J connectivity index is 2.63. The molecule has 0 amide bonds. The lowest BCUT2D eigenvalue weighted by molar-refractivity contribution is -0.146. The first-order valence-electron chi connectivity index (χ1n) is 5.22. The lowest BCUT2D eigenvalue weighted by Crippen LogP contribution is -2.14. The van der Waals surface area contributed by atoms with Crippen molar-refractivity contribution < 1.29 is 13.2 Å². The van der Waals surface area contributed by atoms with Gasteiger partial charge >= 0.3 is 6.18 Å². The van der Waals surface area contributed by atoms with E-state index in [4.69, 9.17) is 12.2 Å². The van der Waals surface area contributed by atoms with Gasteiger partial charge in [0.25, 0.3) is 0 Å². The first-order chi connectivity index (χ1) is 8.84. The molecule has 0 spiro atoms. The Hall–Kier alpha value is -1.28. The molecule has 0 aliphatic carbocycles. The van der Waals surface area contributed by atoms with Crippen LogP contribution in [0.25, 0.3) is 5.69 Å². The Morgan fingerprint density at radius 1 is 1.21 bits per heavy atom. The maximum absolute atomic E-state index is 12.9. The third-order valence-corrected chi connectivity index (χ3v) is 3.70. The highest BCUT2D eigenvalue weighted by atomic mass is 32.2. The number of aryl methyl sites for hydroxylation is 1. The van der Waals surface area contributed by atoms with E-state index in [0.717, 1.165) is 14.1 Å². The van der Waals surface area contributed by atoms with Crippen LogP contribution < -0.4 is 0 Å². The van der Waals surface area contributed by atoms with Gasteiger partial charge in [0.1, 0.15) is 0 Å². The molecule has 0 atom stereocenters. The molecule has 0 bridgehead atoms. The smallest absolute Gasteiger partial charge is 0.264 e. The Morgan fingerprint density at radius 2 is 1.79 bits per heavy atom. The first-order valence-corrected chi connectivity index (χ1v) is 6.85. The molecule has 1 aromatic carbocycles. The number of hydrogen-bond acceptors (Lipinski definition) is 3. The summed E-state index contributed by atoms with van der Waals surface area (Å²) < 4.78 is 40.8. The lowest BCUT2D eigenvalue weighted by atomic mass is 10.3. The normalized spacial score (nSPS) is 11.8. The van der Waals surface area contributed by atoms with E-state index in [0.29, 0.717) is 5.69 Å². The van der Waals surface area contributed by atoms with E-state index in [1.807, 2.05) is 6.26 Å². The van der Waals surface area contributed by atoms with Crippen LogP contribution in [0.3, 0.4) is 0 Å². The van der Waals surface area contributed by atoms with Gasteiger partial charge in [-0.1, -0.05) is 0 Å². The molecule has 1 aromatic heterocycles. The van der Waals surface area contributed by atoms with E-state index in [2.05, 4.69) is 5.10 Å². The van der Waals surface area contributed by atoms with Gasteiger partial charge in [-0.2, -0.15) is 13.2 Å². The van der Waals surface area contributed by atoms with E-state index in [1.165, 1.54) is 18.8 Å². The summed E-state index contributed by atoms with van der Waals surface area (Å²) in [5.41, 5.74) is 0.350. The number of hydrogen-bond donors (Lipinski definition) is 0. The predicted molar refractivity (Wildman–Crippen MR) is 70.2 cm³/mol. The minimum Gasteiger partial charge on any atom is -0.264 e. The number of halogens is 3. The van der Waals surface area contributed by atoms with Crippen LogP contribution in [0.1, 0.15) is 5.82 Å². The molecule has 0 saturated carbocycles. The summed E-state index contributed by atoms with van der Waals surface area (Å²) in [7, 11) is 1.39. The fourth-order valence-electron chi connectivity index (χ4n) is 1.61. The molecule has 2 aromatic rings. The SMILES string of the molecule is CSc1ccc(-n2c(C(F)(F)F)nn(C)c2=S)cc1. The topological polar surface area (TPSA) is 22.8 Å². The number of nitrogens with zero attached hydrogens (tertiary/aromatic N) is 3. The van der Waals surface area contributed by atoms with Crippen molar-refractivity contribution >= 4 is 24.0 Å². The highest BCUT2D eigenvalue weighted by Crippen LogP contribution is 2.30. The van der Waals surface area contributed by atoms with Gasteiger partial charge in [-0.15, -0.1) is 16.9 Å². The number of alkyl halides is 3. The molecule has 1 heterocycles. The summed E-state index contributed by atoms with van der Waals surface area (Å²) in [6, 6.07) is 6.68. The van der Waals surface area contributed by atoms with Gasteiger partial charge in [0, 0.05) is 11.9 Å². The Morgan fingerprint density at radius 3 is 2.26 bits per heavy atom. The molecular formula is C11H10F3N3S2. The standard InChI is InChI=1S/C11H10F3N3S2/c1-16-10(18)17(9(15-16)11(12,13)14)7-3-5-8(19-2)6-4-7/h3-6H,1-2H3. The van der Waals surface area contributed by atoms with Crippen LogP contribution in [0.5, 0.6) is 0 Å². The van der Waals surface area contributed by atoms with Gasteiger partial charge in [0.15, 0.2) is 0 Å². The summed E-state index contributed by atoms with van der Waals surface area (Å²) in [5.74, 6) is -1.02.